The molecular weight excluding hydrogens is 174 g/mol. The highest BCUT2D eigenvalue weighted by Crippen LogP contribution is 2.31. The monoisotopic (exact) mass is 183 g/mol. The van der Waals surface area contributed by atoms with E-state index in [2.05, 4.69) is 10.5 Å². The molecule has 0 bridgehead atoms. The smallest absolute Gasteiger partial charge is 0.264 e. The number of nitrogens with one attached hydrogen (secondary N) is 1. The van der Waals surface area contributed by atoms with Crippen LogP contribution in [0.15, 0.2) is 5.10 Å². The Bertz CT molecular complexity index is 312. The van der Waals surface area contributed by atoms with Crippen LogP contribution in [-0.2, 0) is 4.79 Å². The summed E-state index contributed by atoms with van der Waals surface area (Å²) in [6, 6.07) is 0. The molecule has 1 unspecified atom stereocenters. The summed E-state index contributed by atoms with van der Waals surface area (Å²) in [5.41, 5.74) is 1.06. The lowest BCUT2D eigenvalue weighted by molar-refractivity contribution is -0.532. The summed E-state index contributed by atoms with van der Waals surface area (Å²) >= 11 is 0. The molecule has 6 heteroatoms. The van der Waals surface area contributed by atoms with Crippen LogP contribution in [0.25, 0.3) is 0 Å². The SMILES string of the molecule is O=C1NN=C2CCCCC12[N+](=O)[O-]. The maximum absolute atomic E-state index is 11.3. The highest BCUT2D eigenvalue weighted by atomic mass is 16.6. The minimum absolute atomic E-state index is 0.282. The van der Waals surface area contributed by atoms with E-state index in [9.17, 15) is 14.9 Å². The van der Waals surface area contributed by atoms with Gasteiger partial charge in [-0.15, -0.1) is 0 Å². The number of nitrogens with zero attached hydrogens (tertiary/aromatic N) is 2. The molecule has 1 amide bonds. The molecule has 13 heavy (non-hydrogen) atoms. The fourth-order valence-corrected chi connectivity index (χ4v) is 1.91. The molecule has 0 aromatic heterocycles. The van der Waals surface area contributed by atoms with Gasteiger partial charge in [-0.1, -0.05) is 0 Å². The third kappa shape index (κ3) is 0.881. The van der Waals surface area contributed by atoms with Crippen molar-refractivity contribution < 1.29 is 9.72 Å². The van der Waals surface area contributed by atoms with Crippen molar-refractivity contribution in [3.63, 3.8) is 0 Å². The summed E-state index contributed by atoms with van der Waals surface area (Å²) in [5, 5.41) is 14.5. The van der Waals surface area contributed by atoms with Crippen LogP contribution in [0, 0.1) is 10.1 Å². The quantitative estimate of drug-likeness (QED) is 0.460. The first kappa shape index (κ1) is 8.15. The fraction of sp³-hybridized carbons (Fsp3) is 0.714. The van der Waals surface area contributed by atoms with Crippen LogP contribution in [0.2, 0.25) is 0 Å². The minimum atomic E-state index is -1.53. The van der Waals surface area contributed by atoms with E-state index >= 15 is 0 Å². The normalized spacial score (nSPS) is 32.0. The summed E-state index contributed by atoms with van der Waals surface area (Å²) in [6.07, 6.45) is 2.43. The molecule has 0 aromatic rings. The molecule has 0 saturated heterocycles. The van der Waals surface area contributed by atoms with E-state index in [1.54, 1.807) is 0 Å². The topological polar surface area (TPSA) is 84.6 Å². The number of rotatable bonds is 1. The zero-order valence-electron chi connectivity index (χ0n) is 6.95. The molecule has 1 atom stereocenters. The van der Waals surface area contributed by atoms with Crippen molar-refractivity contribution >= 4 is 11.6 Å². The molecule has 0 spiro atoms. The Labute approximate surface area is 74.1 Å². The van der Waals surface area contributed by atoms with E-state index in [-0.39, 0.29) is 6.42 Å². The van der Waals surface area contributed by atoms with Gasteiger partial charge < -0.3 is 0 Å². The van der Waals surface area contributed by atoms with Crippen LogP contribution in [0.4, 0.5) is 0 Å². The molecule has 2 rings (SSSR count). The first-order chi connectivity index (χ1) is 6.18. The van der Waals surface area contributed by atoms with Gasteiger partial charge in [-0.25, -0.2) is 5.43 Å². The number of carbonyl (C=O) groups excluding carboxylic acids is 1. The van der Waals surface area contributed by atoms with Crippen molar-refractivity contribution in [1.29, 1.82) is 0 Å². The highest BCUT2D eigenvalue weighted by Gasteiger charge is 2.59. The number of amides is 1. The maximum Gasteiger partial charge on any atom is 0.339 e. The van der Waals surface area contributed by atoms with E-state index in [1.807, 2.05) is 0 Å². The van der Waals surface area contributed by atoms with E-state index in [1.165, 1.54) is 0 Å². The second kappa shape index (κ2) is 2.51. The molecule has 1 fully saturated rings. The van der Waals surface area contributed by atoms with Crippen molar-refractivity contribution in [3.05, 3.63) is 10.1 Å². The predicted molar refractivity (Wildman–Crippen MR) is 43.8 cm³/mol. The molecule has 2 aliphatic rings. The number of hydrogen-bond acceptors (Lipinski definition) is 4. The average Bonchev–Trinajstić information content (AvgIpc) is 2.46. The summed E-state index contributed by atoms with van der Waals surface area (Å²) in [4.78, 5) is 21.6. The summed E-state index contributed by atoms with van der Waals surface area (Å²) < 4.78 is 0. The zero-order chi connectivity index (χ0) is 9.47. The van der Waals surface area contributed by atoms with E-state index in [4.69, 9.17) is 0 Å². The van der Waals surface area contributed by atoms with Crippen molar-refractivity contribution in [3.8, 4) is 0 Å². The van der Waals surface area contributed by atoms with Gasteiger partial charge in [-0.05, 0) is 19.3 Å². The molecule has 1 N–H and O–H groups in total. The van der Waals surface area contributed by atoms with Crippen LogP contribution in [0.5, 0.6) is 0 Å². The first-order valence-electron chi connectivity index (χ1n) is 4.20. The van der Waals surface area contributed by atoms with Gasteiger partial charge in [0.15, 0.2) is 0 Å². The lowest BCUT2D eigenvalue weighted by atomic mass is 9.80. The number of carbonyl (C=O) groups is 1. The molecule has 70 valence electrons. The number of hydrogen-bond donors (Lipinski definition) is 1. The largest absolute Gasteiger partial charge is 0.339 e. The minimum Gasteiger partial charge on any atom is -0.264 e. The molecule has 1 aliphatic carbocycles. The van der Waals surface area contributed by atoms with E-state index in [0.717, 1.165) is 6.42 Å². The Morgan fingerprint density at radius 3 is 2.92 bits per heavy atom. The summed E-state index contributed by atoms with van der Waals surface area (Å²) in [5.74, 6) is -0.577. The lowest BCUT2D eigenvalue weighted by Gasteiger charge is -2.22. The van der Waals surface area contributed by atoms with Crippen LogP contribution < -0.4 is 5.43 Å². The molecular formula is C7H9N3O3. The van der Waals surface area contributed by atoms with Gasteiger partial charge in [0, 0.05) is 11.3 Å². The molecule has 1 aliphatic heterocycles. The van der Waals surface area contributed by atoms with Gasteiger partial charge >= 0.3 is 11.4 Å². The second-order valence-electron chi connectivity index (χ2n) is 3.32. The lowest BCUT2D eigenvalue weighted by Crippen LogP contribution is -2.53. The Hall–Kier alpha value is -1.46. The van der Waals surface area contributed by atoms with Crippen molar-refractivity contribution in [2.75, 3.05) is 0 Å². The van der Waals surface area contributed by atoms with Crippen LogP contribution in [0.3, 0.4) is 0 Å². The zero-order valence-corrected chi connectivity index (χ0v) is 6.95. The Morgan fingerprint density at radius 2 is 2.31 bits per heavy atom. The van der Waals surface area contributed by atoms with Gasteiger partial charge in [0.05, 0.1) is 0 Å². The third-order valence-electron chi connectivity index (χ3n) is 2.66. The summed E-state index contributed by atoms with van der Waals surface area (Å²) in [6.45, 7) is 0. The average molecular weight is 183 g/mol. The number of nitro groups is 1. The van der Waals surface area contributed by atoms with Crippen LogP contribution in [0.1, 0.15) is 25.7 Å². The first-order valence-corrected chi connectivity index (χ1v) is 4.20. The predicted octanol–water partition coefficient (Wildman–Crippen LogP) is 0.0617. The maximum atomic E-state index is 11.3. The highest BCUT2D eigenvalue weighted by molar-refractivity contribution is 6.15. The fourth-order valence-electron chi connectivity index (χ4n) is 1.91. The standard InChI is InChI=1S/C7H9N3O3/c11-6-7(10(12)13)4-2-1-3-5(7)8-9-6/h1-4H2,(H,9,11). The van der Waals surface area contributed by atoms with Gasteiger partial charge in [0.1, 0.15) is 5.71 Å². The van der Waals surface area contributed by atoms with Crippen molar-refractivity contribution in [1.82, 2.24) is 5.43 Å². The molecule has 1 heterocycles. The van der Waals surface area contributed by atoms with Crippen molar-refractivity contribution in [2.24, 2.45) is 5.10 Å². The van der Waals surface area contributed by atoms with E-state index in [0.29, 0.717) is 18.6 Å². The van der Waals surface area contributed by atoms with Gasteiger partial charge in [0.2, 0.25) is 0 Å². The molecule has 6 nitrogen and oxygen atoms in total. The molecule has 1 saturated carbocycles. The Morgan fingerprint density at radius 1 is 1.54 bits per heavy atom. The van der Waals surface area contributed by atoms with Gasteiger partial charge in [-0.2, -0.15) is 5.10 Å². The van der Waals surface area contributed by atoms with E-state index < -0.39 is 16.4 Å². The van der Waals surface area contributed by atoms with Crippen LogP contribution in [-0.4, -0.2) is 22.1 Å². The number of hydrazone groups is 1. The second-order valence-corrected chi connectivity index (χ2v) is 3.32. The Kier molecular flexibility index (Phi) is 1.58. The molecule has 0 radical (unpaired) electrons. The van der Waals surface area contributed by atoms with Gasteiger partial charge in [0.25, 0.3) is 0 Å². The number of fused-ring (bicyclic) bond motifs is 1. The van der Waals surface area contributed by atoms with Gasteiger partial charge in [-0.3, -0.25) is 14.9 Å². The third-order valence-corrected chi connectivity index (χ3v) is 2.66. The summed E-state index contributed by atoms with van der Waals surface area (Å²) in [7, 11) is 0. The van der Waals surface area contributed by atoms with Crippen molar-refractivity contribution in [2.45, 2.75) is 31.2 Å². The Balaban J connectivity index is 2.44. The molecule has 0 aromatic carbocycles. The van der Waals surface area contributed by atoms with Crippen LogP contribution >= 0.6 is 0 Å².